The molecule has 7 heteroatoms. The number of benzene rings is 1. The highest BCUT2D eigenvalue weighted by Crippen LogP contribution is 2.39. The first-order valence-corrected chi connectivity index (χ1v) is 9.45. The quantitative estimate of drug-likeness (QED) is 0.359. The summed E-state index contributed by atoms with van der Waals surface area (Å²) in [6, 6.07) is 3.93. The van der Waals surface area contributed by atoms with Crippen LogP contribution in [0.3, 0.4) is 0 Å². The molecule has 1 atom stereocenters. The molecule has 1 heterocycles. The lowest BCUT2D eigenvalue weighted by atomic mass is 10.0. The minimum absolute atomic E-state index is 0. The van der Waals surface area contributed by atoms with Gasteiger partial charge >= 0.3 is 0 Å². The van der Waals surface area contributed by atoms with Crippen LogP contribution in [0, 0.1) is 5.92 Å². The Morgan fingerprint density at radius 3 is 2.52 bits per heavy atom. The maximum absolute atomic E-state index is 5.57. The van der Waals surface area contributed by atoms with Crippen molar-refractivity contribution in [2.45, 2.75) is 33.1 Å². The SMILES string of the molecule is CCNC(=NCCc1ccc(OC)c(OC)c1OC)N1CCCC(C)C1.I. The fraction of sp³-hybridized carbons (Fsp3) is 0.650. The average Bonchev–Trinajstić information content (AvgIpc) is 2.66. The molecule has 1 aliphatic heterocycles. The fourth-order valence-corrected chi connectivity index (χ4v) is 3.45. The normalized spacial score (nSPS) is 17.1. The standard InChI is InChI=1S/C20H33N3O3.HI/c1-6-21-20(23-13-7-8-15(2)14-23)22-12-11-16-9-10-17(24-3)19(26-5)18(16)25-4;/h9-10,15H,6-8,11-14H2,1-5H3,(H,21,22);1H. The Kier molecular flexibility index (Phi) is 10.6. The number of methoxy groups -OCH3 is 3. The zero-order valence-electron chi connectivity index (χ0n) is 17.2. The highest BCUT2D eigenvalue weighted by molar-refractivity contribution is 14.0. The minimum Gasteiger partial charge on any atom is -0.493 e. The third-order valence-electron chi connectivity index (χ3n) is 4.72. The van der Waals surface area contributed by atoms with Crippen molar-refractivity contribution >= 4 is 29.9 Å². The lowest BCUT2D eigenvalue weighted by molar-refractivity contribution is 0.266. The number of aliphatic imine (C=N–C) groups is 1. The van der Waals surface area contributed by atoms with Crippen LogP contribution < -0.4 is 19.5 Å². The molecule has 1 saturated heterocycles. The van der Waals surface area contributed by atoms with Crippen molar-refractivity contribution < 1.29 is 14.2 Å². The van der Waals surface area contributed by atoms with Gasteiger partial charge in [-0.25, -0.2) is 0 Å². The van der Waals surface area contributed by atoms with Crippen LogP contribution in [0.1, 0.15) is 32.3 Å². The molecule has 154 valence electrons. The number of piperidine rings is 1. The van der Waals surface area contributed by atoms with Crippen LogP contribution in [0.25, 0.3) is 0 Å². The van der Waals surface area contributed by atoms with Crippen molar-refractivity contribution in [1.29, 1.82) is 0 Å². The second-order valence-electron chi connectivity index (χ2n) is 6.67. The number of nitrogens with one attached hydrogen (secondary N) is 1. The Morgan fingerprint density at radius 2 is 1.93 bits per heavy atom. The van der Waals surface area contributed by atoms with Crippen molar-refractivity contribution in [2.75, 3.05) is 47.5 Å². The molecule has 1 N–H and O–H groups in total. The monoisotopic (exact) mass is 491 g/mol. The van der Waals surface area contributed by atoms with Crippen LogP contribution in [0.2, 0.25) is 0 Å². The first-order chi connectivity index (χ1) is 12.6. The summed E-state index contributed by atoms with van der Waals surface area (Å²) in [5.41, 5.74) is 1.07. The molecule has 0 aromatic heterocycles. The van der Waals surface area contributed by atoms with Crippen LogP contribution in [0.5, 0.6) is 17.2 Å². The molecule has 0 radical (unpaired) electrons. The summed E-state index contributed by atoms with van der Waals surface area (Å²) >= 11 is 0. The maximum Gasteiger partial charge on any atom is 0.203 e. The smallest absolute Gasteiger partial charge is 0.203 e. The van der Waals surface area contributed by atoms with E-state index in [0.717, 1.165) is 49.2 Å². The number of halogens is 1. The van der Waals surface area contributed by atoms with Gasteiger partial charge in [-0.1, -0.05) is 13.0 Å². The first kappa shape index (κ1) is 23.7. The van der Waals surface area contributed by atoms with Crippen LogP contribution in [-0.4, -0.2) is 58.4 Å². The summed E-state index contributed by atoms with van der Waals surface area (Å²) in [6.45, 7) is 8.15. The number of hydrogen-bond donors (Lipinski definition) is 1. The van der Waals surface area contributed by atoms with Crippen LogP contribution in [0.15, 0.2) is 17.1 Å². The van der Waals surface area contributed by atoms with Crippen LogP contribution in [0.4, 0.5) is 0 Å². The highest BCUT2D eigenvalue weighted by atomic mass is 127. The Labute approximate surface area is 180 Å². The second-order valence-corrected chi connectivity index (χ2v) is 6.67. The van der Waals surface area contributed by atoms with Crippen molar-refractivity contribution in [3.05, 3.63) is 17.7 Å². The summed E-state index contributed by atoms with van der Waals surface area (Å²) in [7, 11) is 4.91. The van der Waals surface area contributed by atoms with Crippen molar-refractivity contribution in [1.82, 2.24) is 10.2 Å². The van der Waals surface area contributed by atoms with E-state index in [9.17, 15) is 0 Å². The molecule has 1 unspecified atom stereocenters. The second kappa shape index (κ2) is 12.2. The molecule has 27 heavy (non-hydrogen) atoms. The predicted molar refractivity (Wildman–Crippen MR) is 121 cm³/mol. The molecule has 0 spiro atoms. The Balaban J connectivity index is 0.00000364. The molecule has 0 saturated carbocycles. The van der Waals surface area contributed by atoms with Gasteiger partial charge in [0.05, 0.1) is 21.3 Å². The van der Waals surface area contributed by atoms with Crippen LogP contribution >= 0.6 is 24.0 Å². The van der Waals surface area contributed by atoms with Gasteiger partial charge in [-0.3, -0.25) is 4.99 Å². The average molecular weight is 491 g/mol. The largest absolute Gasteiger partial charge is 0.493 e. The Hall–Kier alpha value is -1.38. The van der Waals surface area contributed by atoms with Crippen molar-refractivity contribution in [3.8, 4) is 17.2 Å². The third-order valence-corrected chi connectivity index (χ3v) is 4.72. The van der Waals surface area contributed by atoms with E-state index in [4.69, 9.17) is 19.2 Å². The summed E-state index contributed by atoms with van der Waals surface area (Å²) < 4.78 is 16.4. The Bertz CT molecular complexity index is 610. The van der Waals surface area contributed by atoms with E-state index >= 15 is 0 Å². The van der Waals surface area contributed by atoms with E-state index in [2.05, 4.69) is 24.1 Å². The van der Waals surface area contributed by atoms with Gasteiger partial charge in [0, 0.05) is 31.7 Å². The van der Waals surface area contributed by atoms with Gasteiger partial charge in [0.1, 0.15) is 0 Å². The first-order valence-electron chi connectivity index (χ1n) is 9.45. The van der Waals surface area contributed by atoms with Gasteiger partial charge in [-0.05, 0) is 38.2 Å². The molecule has 0 amide bonds. The zero-order valence-corrected chi connectivity index (χ0v) is 19.5. The molecule has 6 nitrogen and oxygen atoms in total. The van der Waals surface area contributed by atoms with Gasteiger partial charge in [-0.2, -0.15) is 0 Å². The predicted octanol–water partition coefficient (Wildman–Crippen LogP) is 3.57. The number of nitrogens with zero attached hydrogens (tertiary/aromatic N) is 2. The number of guanidine groups is 1. The summed E-state index contributed by atoms with van der Waals surface area (Å²) in [5.74, 6) is 3.76. The van der Waals surface area contributed by atoms with Gasteiger partial charge in [0.15, 0.2) is 17.5 Å². The molecule has 0 bridgehead atoms. The van der Waals surface area contributed by atoms with Gasteiger partial charge in [0.2, 0.25) is 5.75 Å². The molecule has 1 aliphatic rings. The highest BCUT2D eigenvalue weighted by Gasteiger charge is 2.19. The molecule has 2 rings (SSSR count). The van der Waals surface area contributed by atoms with Gasteiger partial charge in [0.25, 0.3) is 0 Å². The molecule has 0 aliphatic carbocycles. The topological polar surface area (TPSA) is 55.3 Å². The number of rotatable bonds is 7. The summed E-state index contributed by atoms with van der Waals surface area (Å²) in [4.78, 5) is 7.22. The van der Waals surface area contributed by atoms with E-state index < -0.39 is 0 Å². The van der Waals surface area contributed by atoms with Gasteiger partial charge < -0.3 is 24.4 Å². The van der Waals surface area contributed by atoms with Crippen LogP contribution in [-0.2, 0) is 6.42 Å². The Morgan fingerprint density at radius 1 is 1.19 bits per heavy atom. The lowest BCUT2D eigenvalue weighted by Crippen LogP contribution is -2.46. The molecule has 1 fully saturated rings. The van der Waals surface area contributed by atoms with E-state index in [0.29, 0.717) is 18.0 Å². The number of likely N-dealkylation sites (tertiary alicyclic amines) is 1. The van der Waals surface area contributed by atoms with E-state index in [1.807, 2.05) is 12.1 Å². The zero-order chi connectivity index (χ0) is 18.9. The number of ether oxygens (including phenoxy) is 3. The summed E-state index contributed by atoms with van der Waals surface area (Å²) in [5, 5.41) is 3.43. The number of hydrogen-bond acceptors (Lipinski definition) is 4. The van der Waals surface area contributed by atoms with Crippen molar-refractivity contribution in [2.24, 2.45) is 10.9 Å². The van der Waals surface area contributed by atoms with Crippen molar-refractivity contribution in [3.63, 3.8) is 0 Å². The van der Waals surface area contributed by atoms with E-state index in [1.165, 1.54) is 12.8 Å². The fourth-order valence-electron chi connectivity index (χ4n) is 3.45. The molecular weight excluding hydrogens is 457 g/mol. The molecule has 1 aromatic carbocycles. The molecular formula is C20H34IN3O3. The molecule has 1 aromatic rings. The maximum atomic E-state index is 5.57. The lowest BCUT2D eigenvalue weighted by Gasteiger charge is -2.33. The van der Waals surface area contributed by atoms with E-state index in [1.54, 1.807) is 21.3 Å². The minimum atomic E-state index is 0. The third kappa shape index (κ3) is 6.33. The summed E-state index contributed by atoms with van der Waals surface area (Å²) in [6.07, 6.45) is 3.32. The van der Waals surface area contributed by atoms with E-state index in [-0.39, 0.29) is 24.0 Å². The van der Waals surface area contributed by atoms with Gasteiger partial charge in [-0.15, -0.1) is 24.0 Å².